The summed E-state index contributed by atoms with van der Waals surface area (Å²) in [5, 5.41) is 19.8. The molecular weight excluding hydrogens is 680 g/mol. The number of nitrogens with one attached hydrogen (secondary N) is 2. The molecule has 51 heavy (non-hydrogen) atoms. The molecule has 9 N–H and O–H groups in total. The molecule has 3 heterocycles. The van der Waals surface area contributed by atoms with E-state index >= 15 is 0 Å². The number of nitrogens with two attached hydrogens (primary N) is 3. The van der Waals surface area contributed by atoms with E-state index in [9.17, 15) is 18.0 Å². The van der Waals surface area contributed by atoms with Gasteiger partial charge in [0.2, 0.25) is 16.0 Å². The van der Waals surface area contributed by atoms with Gasteiger partial charge >= 0.3 is 5.97 Å². The van der Waals surface area contributed by atoms with Crippen LogP contribution in [-0.2, 0) is 28.3 Å². The van der Waals surface area contributed by atoms with Crippen molar-refractivity contribution >= 4 is 38.9 Å². The van der Waals surface area contributed by atoms with Crippen molar-refractivity contribution in [2.75, 3.05) is 53.9 Å². The largest absolute Gasteiger partial charge is 0.493 e. The molecule has 19 heteroatoms. The van der Waals surface area contributed by atoms with Crippen molar-refractivity contribution in [2.45, 2.75) is 57.9 Å². The monoisotopic (exact) mass is 734 g/mol. The first kappa shape index (κ1) is 42.6. The fraction of sp³-hybridized carbons (Fsp3) is 0.562. The molecule has 2 aromatic heterocycles. The van der Waals surface area contributed by atoms with Crippen molar-refractivity contribution in [3.05, 3.63) is 34.2 Å². The van der Waals surface area contributed by atoms with Gasteiger partial charge in [0.15, 0.2) is 11.5 Å². The van der Waals surface area contributed by atoms with Crippen LogP contribution in [0.25, 0.3) is 22.4 Å². The number of H-pyrrole nitrogens is 1. The number of aliphatic imine (C=N–C) groups is 1. The minimum atomic E-state index is -3.70. The van der Waals surface area contributed by atoms with Gasteiger partial charge in [0.25, 0.3) is 5.56 Å². The molecule has 0 amide bonds. The van der Waals surface area contributed by atoms with Gasteiger partial charge in [-0.25, -0.2) is 13.4 Å². The highest BCUT2D eigenvalue weighted by Crippen LogP contribution is 2.32. The molecule has 3 aromatic rings. The molecule has 18 nitrogen and oxygen atoms in total. The second-order valence-electron chi connectivity index (χ2n) is 12.6. The number of carboxylic acids is 1. The average Bonchev–Trinajstić information content (AvgIpc) is 3.36. The smallest absolute Gasteiger partial charge is 0.320 e. The highest BCUT2D eigenvalue weighted by molar-refractivity contribution is 7.89. The number of aryl methyl sites for hydroxylation is 2. The third-order valence-electron chi connectivity index (χ3n) is 7.56. The molecule has 284 valence electrons. The standard InChI is InChI=1S/C22H30N6O4S.C6H13NO2.C4H11N5/c1-5-7-17-19-20(27(4)25-17)22(29)24-21(23-19)16-14-15(8-9-18(16)32-6-2)33(30,31)28-12-10-26(3)11-13-28;1-4(2)3-5(7)6(8)9;1-9(2)4(7)8-3(5)6/h8-9,14H,5-7,10-13H2,1-4H3,(H,23,24,29);4-5H,3,7H2,1-2H3,(H,8,9);1-2H3,(H5,5,6,7,8)/t;5-;/m.0./s1. The molecule has 1 fully saturated rings. The zero-order chi connectivity index (χ0) is 38.6. The lowest BCUT2D eigenvalue weighted by atomic mass is 10.1. The molecule has 0 radical (unpaired) electrons. The van der Waals surface area contributed by atoms with Gasteiger partial charge in [-0.1, -0.05) is 27.2 Å². The molecule has 0 aliphatic carbocycles. The third-order valence-corrected chi connectivity index (χ3v) is 9.45. The number of piperazine rings is 1. The summed E-state index contributed by atoms with van der Waals surface area (Å²) in [6.45, 7) is 10.4. The normalized spacial score (nSPS) is 14.2. The van der Waals surface area contributed by atoms with E-state index in [1.54, 1.807) is 39.3 Å². The van der Waals surface area contributed by atoms with Gasteiger partial charge < -0.3 is 41.8 Å². The van der Waals surface area contributed by atoms with E-state index < -0.39 is 22.0 Å². The summed E-state index contributed by atoms with van der Waals surface area (Å²) in [7, 11) is 3.37. The average molecular weight is 735 g/mol. The quantitative estimate of drug-likeness (QED) is 0.125. The number of carboxylic acid groups (broad SMARTS) is 1. The number of hydrogen-bond donors (Lipinski definition) is 6. The number of likely N-dealkylation sites (N-methyl/N-ethyl adjacent to an activating group) is 1. The van der Waals surface area contributed by atoms with E-state index in [0.717, 1.165) is 12.1 Å². The number of hydrogen-bond acceptors (Lipinski definition) is 10. The Morgan fingerprint density at radius 1 is 1.16 bits per heavy atom. The van der Waals surface area contributed by atoms with E-state index in [1.165, 1.54) is 13.9 Å². The van der Waals surface area contributed by atoms with Gasteiger partial charge in [0.1, 0.15) is 23.1 Å². The summed E-state index contributed by atoms with van der Waals surface area (Å²) in [6.07, 6.45) is 2.09. The van der Waals surface area contributed by atoms with Crippen LogP contribution in [0, 0.1) is 11.3 Å². The first-order valence-electron chi connectivity index (χ1n) is 16.6. The van der Waals surface area contributed by atoms with Crippen LogP contribution in [0.2, 0.25) is 0 Å². The molecule has 1 aliphatic rings. The van der Waals surface area contributed by atoms with Gasteiger partial charge in [-0.15, -0.1) is 0 Å². The van der Waals surface area contributed by atoms with Crippen molar-refractivity contribution in [1.29, 1.82) is 5.41 Å². The molecule has 1 aromatic carbocycles. The second kappa shape index (κ2) is 19.1. The van der Waals surface area contributed by atoms with Crippen molar-refractivity contribution in [1.82, 2.24) is 33.9 Å². The Kier molecular flexibility index (Phi) is 16.0. The van der Waals surface area contributed by atoms with Crippen molar-refractivity contribution in [3.8, 4) is 17.1 Å². The second-order valence-corrected chi connectivity index (χ2v) is 14.5. The van der Waals surface area contributed by atoms with Crippen LogP contribution in [0.5, 0.6) is 5.75 Å². The Labute approximate surface area is 299 Å². The molecule has 0 spiro atoms. The van der Waals surface area contributed by atoms with E-state index in [-0.39, 0.29) is 28.2 Å². The number of ether oxygens (including phenoxy) is 1. The summed E-state index contributed by atoms with van der Waals surface area (Å²) in [5.41, 5.74) is 16.9. The summed E-state index contributed by atoms with van der Waals surface area (Å²) in [4.78, 5) is 37.7. The van der Waals surface area contributed by atoms with Crippen LogP contribution < -0.4 is 27.5 Å². The van der Waals surface area contributed by atoms with Gasteiger partial charge in [-0.2, -0.15) is 14.4 Å². The number of rotatable bonds is 10. The van der Waals surface area contributed by atoms with Gasteiger partial charge in [0, 0.05) is 47.3 Å². The number of aromatic amines is 1. The molecule has 0 unspecified atom stereocenters. The van der Waals surface area contributed by atoms with Crippen molar-refractivity contribution in [2.24, 2.45) is 35.2 Å². The molecule has 1 atom stereocenters. The van der Waals surface area contributed by atoms with Crippen LogP contribution in [0.15, 0.2) is 32.9 Å². The molecule has 0 bridgehead atoms. The number of nitrogens with zero attached hydrogens (tertiary/aromatic N) is 7. The van der Waals surface area contributed by atoms with Crippen LogP contribution in [0.1, 0.15) is 46.2 Å². The zero-order valence-corrected chi connectivity index (χ0v) is 31.6. The molecule has 4 rings (SSSR count). The van der Waals surface area contributed by atoms with Gasteiger partial charge in [-0.3, -0.25) is 19.7 Å². The number of sulfonamides is 1. The summed E-state index contributed by atoms with van der Waals surface area (Å²) >= 11 is 0. The van der Waals surface area contributed by atoms with Gasteiger partial charge in [-0.05, 0) is 50.9 Å². The van der Waals surface area contributed by atoms with Crippen LogP contribution in [0.4, 0.5) is 0 Å². The molecule has 0 saturated carbocycles. The molecule has 1 aliphatic heterocycles. The highest BCUT2D eigenvalue weighted by atomic mass is 32.2. The predicted octanol–water partition coefficient (Wildman–Crippen LogP) is 0.811. The number of carbonyl (C=O) groups is 1. The minimum absolute atomic E-state index is 0.0509. The minimum Gasteiger partial charge on any atom is -0.493 e. The number of guanidine groups is 2. The number of fused-ring (bicyclic) bond motifs is 1. The lowest BCUT2D eigenvalue weighted by molar-refractivity contribution is -0.138. The fourth-order valence-corrected chi connectivity index (χ4v) is 6.37. The first-order chi connectivity index (χ1) is 23.8. The summed E-state index contributed by atoms with van der Waals surface area (Å²) < 4.78 is 35.4. The maximum Gasteiger partial charge on any atom is 0.320 e. The number of benzene rings is 1. The Morgan fingerprint density at radius 2 is 1.78 bits per heavy atom. The Morgan fingerprint density at radius 3 is 2.25 bits per heavy atom. The van der Waals surface area contributed by atoms with E-state index in [0.29, 0.717) is 73.9 Å². The SMILES string of the molecule is CC(C)C[C@H](N)C(=O)O.CCCc1nn(C)c2c(=O)[nH]c(-c3cc(S(=O)(=O)N4CCN(C)CC4)ccc3OCC)nc12.CN(C)C(=N)N=C(N)N. The fourth-order valence-electron chi connectivity index (χ4n) is 4.92. The van der Waals surface area contributed by atoms with E-state index in [4.69, 9.17) is 37.4 Å². The highest BCUT2D eigenvalue weighted by Gasteiger charge is 2.29. The Balaban J connectivity index is 0.000000413. The topological polar surface area (TPSA) is 268 Å². The molecular formula is C32H54N12O6S. The zero-order valence-electron chi connectivity index (χ0n) is 30.8. The Bertz CT molecular complexity index is 1830. The van der Waals surface area contributed by atoms with E-state index in [2.05, 4.69) is 20.0 Å². The lowest BCUT2D eigenvalue weighted by Crippen LogP contribution is -2.47. The summed E-state index contributed by atoms with van der Waals surface area (Å²) in [5.74, 6) is 0.124. The Hall–Kier alpha value is -4.59. The number of aliphatic carboxylic acids is 1. The maximum absolute atomic E-state index is 13.3. The number of aromatic nitrogens is 4. The molecule has 1 saturated heterocycles. The van der Waals surface area contributed by atoms with Gasteiger partial charge in [0.05, 0.1) is 22.8 Å². The van der Waals surface area contributed by atoms with E-state index in [1.807, 2.05) is 34.7 Å². The van der Waals surface area contributed by atoms with Crippen LogP contribution in [-0.4, -0.2) is 125 Å². The third kappa shape index (κ3) is 12.0. The first-order valence-corrected chi connectivity index (χ1v) is 18.0. The lowest BCUT2D eigenvalue weighted by Gasteiger charge is -2.31. The summed E-state index contributed by atoms with van der Waals surface area (Å²) in [6, 6.07) is 4.02. The maximum atomic E-state index is 13.3. The van der Waals surface area contributed by atoms with Crippen molar-refractivity contribution in [3.63, 3.8) is 0 Å². The predicted molar refractivity (Wildman–Crippen MR) is 198 cm³/mol. The van der Waals surface area contributed by atoms with Crippen LogP contribution in [0.3, 0.4) is 0 Å². The van der Waals surface area contributed by atoms with Crippen molar-refractivity contribution < 1.29 is 23.1 Å². The van der Waals surface area contributed by atoms with Crippen LogP contribution >= 0.6 is 0 Å².